The number of carbonyl (C=O) groups excluding carboxylic acids is 3. The van der Waals surface area contributed by atoms with E-state index in [4.69, 9.17) is 38.0 Å². The van der Waals surface area contributed by atoms with Crippen LogP contribution in [0.3, 0.4) is 0 Å². The van der Waals surface area contributed by atoms with Crippen LogP contribution in [0.5, 0.6) is 5.75 Å². The van der Waals surface area contributed by atoms with Gasteiger partial charge in [-0.15, -0.1) is 5.06 Å². The summed E-state index contributed by atoms with van der Waals surface area (Å²) in [6, 6.07) is 18.9. The number of hydrogen-bond acceptors (Lipinski definition) is 15. The molecule has 17 nitrogen and oxygen atoms in total. The molecule has 0 aliphatic carbocycles. The Morgan fingerprint density at radius 2 is 1.37 bits per heavy atom. The summed E-state index contributed by atoms with van der Waals surface area (Å²) in [4.78, 5) is 43.3. The molecule has 0 atom stereocenters. The minimum Gasteiger partial charge on any atom is -0.744 e. The molecule has 0 radical (unpaired) electrons. The number of imide groups is 1. The minimum absolute atomic E-state index is 0.0285. The van der Waals surface area contributed by atoms with Crippen LogP contribution in [0.1, 0.15) is 95.4 Å². The van der Waals surface area contributed by atoms with Crippen molar-refractivity contribution in [1.29, 1.82) is 0 Å². The fraction of sp³-hybridized carbons (Fsp3) is 0.443. The lowest BCUT2D eigenvalue weighted by Crippen LogP contribution is -2.46. The monoisotopic (exact) mass is 1110 g/mol. The molecule has 3 aromatic rings. The van der Waals surface area contributed by atoms with Gasteiger partial charge in [0.05, 0.1) is 88.5 Å². The first-order valence-electron chi connectivity index (χ1n) is 27.0. The van der Waals surface area contributed by atoms with E-state index in [1.165, 1.54) is 17.7 Å². The lowest BCUT2D eigenvalue weighted by molar-refractivity contribution is -0.438. The maximum atomic E-state index is 12.4. The number of unbranched alkanes of at least 4 members (excludes halogenated alkanes) is 2. The molecule has 0 bridgehead atoms. The van der Waals surface area contributed by atoms with Gasteiger partial charge in [-0.1, -0.05) is 72.9 Å². The van der Waals surface area contributed by atoms with Gasteiger partial charge in [0.25, 0.3) is 11.8 Å². The van der Waals surface area contributed by atoms with Crippen molar-refractivity contribution in [3.05, 3.63) is 138 Å². The molecule has 4 aliphatic rings. The topological polar surface area (TPSA) is 192 Å². The van der Waals surface area contributed by atoms with Gasteiger partial charge < -0.3 is 47.4 Å². The highest BCUT2D eigenvalue weighted by Crippen LogP contribution is 2.47. The second-order valence-corrected chi connectivity index (χ2v) is 21.8. The fourth-order valence-electron chi connectivity index (χ4n) is 9.92. The van der Waals surface area contributed by atoms with Crippen LogP contribution in [-0.4, -0.2) is 145 Å². The number of hydroxylamine groups is 2. The lowest BCUT2D eigenvalue weighted by Gasteiger charge is -2.44. The van der Waals surface area contributed by atoms with E-state index in [1.54, 1.807) is 13.2 Å². The Morgan fingerprint density at radius 3 is 2.01 bits per heavy atom. The molecule has 2 amide bonds. The zero-order chi connectivity index (χ0) is 56.4. The quantitative estimate of drug-likeness (QED) is 0.0195. The van der Waals surface area contributed by atoms with E-state index >= 15 is 0 Å². The van der Waals surface area contributed by atoms with Crippen LogP contribution in [0.25, 0.3) is 16.9 Å². The summed E-state index contributed by atoms with van der Waals surface area (Å²) >= 11 is 0. The summed E-state index contributed by atoms with van der Waals surface area (Å²) in [6.45, 7) is 17.3. The summed E-state index contributed by atoms with van der Waals surface area (Å²) in [7, 11) is -3.05. The van der Waals surface area contributed by atoms with Gasteiger partial charge in [-0.3, -0.25) is 9.59 Å². The zero-order valence-electron chi connectivity index (χ0n) is 46.4. The van der Waals surface area contributed by atoms with Crippen LogP contribution >= 0.6 is 0 Å². The highest BCUT2D eigenvalue weighted by atomic mass is 32.2. The van der Waals surface area contributed by atoms with Gasteiger partial charge in [-0.2, -0.15) is 4.58 Å². The Labute approximate surface area is 465 Å². The highest BCUT2D eigenvalue weighted by molar-refractivity contribution is 7.85. The first-order valence-corrected chi connectivity index (χ1v) is 28.4. The first-order chi connectivity index (χ1) is 38.0. The Bertz CT molecular complexity index is 2960. The van der Waals surface area contributed by atoms with E-state index in [0.717, 1.165) is 50.9 Å². The average Bonchev–Trinajstić information content (AvgIpc) is 4.08. The molecule has 4 aliphatic heterocycles. The number of allylic oxidation sites excluding steroid dienone is 10. The third kappa shape index (κ3) is 16.4. The van der Waals surface area contributed by atoms with Gasteiger partial charge in [0, 0.05) is 85.5 Å². The molecule has 0 spiro atoms. The number of rotatable bonds is 31. The smallest absolute Gasteiger partial charge is 0.333 e. The third-order valence-electron chi connectivity index (χ3n) is 13.9. The molecule has 424 valence electrons. The van der Waals surface area contributed by atoms with Crippen molar-refractivity contribution in [1.82, 2.24) is 5.06 Å². The SMILES string of the molecule is COCCOCCOCCOCCOCCOCCN1c2cc3c(cc2C(C)=CC1(C)C)/C(=C/C=C/C=C/C=C/C1=[N+](CCCCCC(=O)ON2C(=O)CCC2=O)c2ccc(S(=O)(=O)[O-])cc2C1(C)C)C=C(c1ccccc1)O3. The largest absolute Gasteiger partial charge is 0.744 e. The second-order valence-electron chi connectivity index (χ2n) is 20.4. The van der Waals surface area contributed by atoms with E-state index < -0.39 is 33.3 Å². The molecule has 1 saturated heterocycles. The standard InChI is InChI=1S/C61H75N3O14S/c1-45-44-60(2,3)63(28-29-72-32-33-74-36-37-76-39-38-75-35-34-73-31-30-71-6)53-43-55-50(42-49(45)53)47(40-54(77-55)46-18-13-10-14-19-46)20-12-8-7-9-15-21-56-61(4,5)51-41-48(79(68,69)70)23-24-52(51)62(56)27-17-11-16-22-59(67)78-64-57(65)25-26-58(64)66/h7-10,12-15,18-21,23-24,40-44H,11,16-17,22,25-39H2,1-6H3. The summed E-state index contributed by atoms with van der Waals surface area (Å²) < 4.78 is 78.4. The Kier molecular flexibility index (Phi) is 21.9. The molecular weight excluding hydrogens is 1030 g/mol. The number of methoxy groups -OCH3 is 1. The molecule has 79 heavy (non-hydrogen) atoms. The number of amides is 2. The molecule has 3 aromatic carbocycles. The maximum Gasteiger partial charge on any atom is 0.333 e. The molecule has 0 unspecified atom stereocenters. The molecule has 1 fully saturated rings. The normalized spacial score (nSPS) is 17.3. The van der Waals surface area contributed by atoms with Gasteiger partial charge in [0.15, 0.2) is 5.71 Å². The van der Waals surface area contributed by atoms with Gasteiger partial charge in [-0.25, -0.2) is 13.2 Å². The van der Waals surface area contributed by atoms with Crippen molar-refractivity contribution in [2.75, 3.05) is 97.8 Å². The van der Waals surface area contributed by atoms with Gasteiger partial charge in [0.2, 0.25) is 5.69 Å². The Balaban J connectivity index is 0.991. The van der Waals surface area contributed by atoms with E-state index in [9.17, 15) is 27.4 Å². The molecule has 18 heteroatoms. The summed E-state index contributed by atoms with van der Waals surface area (Å²) in [5.41, 5.74) is 7.72. The number of ether oxygens (including phenoxy) is 7. The van der Waals surface area contributed by atoms with Crippen molar-refractivity contribution in [3.63, 3.8) is 0 Å². The maximum absolute atomic E-state index is 12.4. The number of hydrogen-bond donors (Lipinski definition) is 0. The number of nitrogens with zero attached hydrogens (tertiary/aromatic N) is 3. The van der Waals surface area contributed by atoms with Gasteiger partial charge >= 0.3 is 5.97 Å². The van der Waals surface area contributed by atoms with Crippen LogP contribution < -0.4 is 9.64 Å². The third-order valence-corrected chi connectivity index (χ3v) is 14.8. The van der Waals surface area contributed by atoms with Gasteiger partial charge in [-0.05, 0) is 82.9 Å². The van der Waals surface area contributed by atoms with Crippen LogP contribution in [0.15, 0.2) is 120 Å². The minimum atomic E-state index is -4.69. The van der Waals surface area contributed by atoms with Crippen molar-refractivity contribution in [2.45, 2.75) is 89.0 Å². The average molecular weight is 1110 g/mol. The highest BCUT2D eigenvalue weighted by Gasteiger charge is 2.44. The van der Waals surface area contributed by atoms with E-state index in [1.807, 2.05) is 80.6 Å². The molecule has 0 saturated carbocycles. The van der Waals surface area contributed by atoms with Crippen LogP contribution in [0, 0.1) is 0 Å². The van der Waals surface area contributed by atoms with Crippen molar-refractivity contribution < 1.29 is 69.9 Å². The van der Waals surface area contributed by atoms with Crippen molar-refractivity contribution >= 4 is 61.9 Å². The fourth-order valence-corrected chi connectivity index (χ4v) is 10.4. The van der Waals surface area contributed by atoms with Crippen molar-refractivity contribution in [3.8, 4) is 5.75 Å². The van der Waals surface area contributed by atoms with Crippen LogP contribution in [0.2, 0.25) is 0 Å². The molecule has 0 N–H and O–H groups in total. The molecule has 0 aromatic heterocycles. The zero-order valence-corrected chi connectivity index (χ0v) is 47.2. The predicted molar refractivity (Wildman–Crippen MR) is 301 cm³/mol. The van der Waals surface area contributed by atoms with E-state index in [2.05, 4.69) is 60.6 Å². The number of carbonyl (C=O) groups is 3. The molecular formula is C61H75N3O14S. The van der Waals surface area contributed by atoms with Crippen molar-refractivity contribution in [2.24, 2.45) is 0 Å². The Hall–Kier alpha value is -6.35. The molecule has 7 rings (SSSR count). The van der Waals surface area contributed by atoms with Gasteiger partial charge in [0.1, 0.15) is 28.2 Å². The predicted octanol–water partition coefficient (Wildman–Crippen LogP) is 9.05. The van der Waals surface area contributed by atoms with E-state index in [0.29, 0.717) is 116 Å². The molecule has 4 heterocycles. The number of fused-ring (bicyclic) bond motifs is 3. The lowest BCUT2D eigenvalue weighted by atomic mass is 9.81. The summed E-state index contributed by atoms with van der Waals surface area (Å²) in [5, 5.41) is 0.558. The van der Waals surface area contributed by atoms with Crippen LogP contribution in [-0.2, 0) is 63.2 Å². The summed E-state index contributed by atoms with van der Waals surface area (Å²) in [5.74, 6) is -0.200. The first kappa shape index (κ1) is 60.3. The second kappa shape index (κ2) is 28.7. The number of anilines is 1. The van der Waals surface area contributed by atoms with Crippen LogP contribution in [0.4, 0.5) is 11.4 Å². The summed E-state index contributed by atoms with van der Waals surface area (Å²) in [6.07, 6.45) is 20.1. The van der Waals surface area contributed by atoms with E-state index in [-0.39, 0.29) is 29.7 Å². The Morgan fingerprint density at radius 1 is 0.747 bits per heavy atom. The number of benzene rings is 3.